The molecule has 0 aromatic carbocycles. The molecule has 2 aromatic rings. The van der Waals surface area contributed by atoms with E-state index in [1.807, 2.05) is 13.8 Å². The Labute approximate surface area is 168 Å². The minimum absolute atomic E-state index is 0.0745. The van der Waals surface area contributed by atoms with Gasteiger partial charge in [-0.25, -0.2) is 9.67 Å². The van der Waals surface area contributed by atoms with Crippen LogP contribution in [0.5, 0.6) is 0 Å². The number of amides is 1. The molecule has 30 heavy (non-hydrogen) atoms. The van der Waals surface area contributed by atoms with Crippen LogP contribution in [0.3, 0.4) is 0 Å². The second-order valence-corrected chi connectivity index (χ2v) is 6.15. The maximum absolute atomic E-state index is 13.3. The van der Waals surface area contributed by atoms with Gasteiger partial charge in [0.1, 0.15) is 5.69 Å². The lowest BCUT2D eigenvalue weighted by Gasteiger charge is -2.08. The van der Waals surface area contributed by atoms with Gasteiger partial charge in [0.2, 0.25) is 5.91 Å². The zero-order valence-electron chi connectivity index (χ0n) is 16.2. The highest BCUT2D eigenvalue weighted by atomic mass is 19.4. The van der Waals surface area contributed by atoms with Crippen molar-refractivity contribution in [2.75, 3.05) is 0 Å². The Morgan fingerprint density at radius 3 is 2.33 bits per heavy atom. The van der Waals surface area contributed by atoms with Crippen LogP contribution in [-0.2, 0) is 23.7 Å². The second-order valence-electron chi connectivity index (χ2n) is 6.15. The third kappa shape index (κ3) is 5.61. The lowest BCUT2D eigenvalue weighted by molar-refractivity contribution is -0.142. The molecular weight excluding hydrogens is 414 g/mol. The van der Waals surface area contributed by atoms with Gasteiger partial charge in [0, 0.05) is 23.9 Å². The van der Waals surface area contributed by atoms with Crippen LogP contribution in [0.4, 0.5) is 26.3 Å². The van der Waals surface area contributed by atoms with Crippen LogP contribution >= 0.6 is 0 Å². The largest absolute Gasteiger partial charge is 0.435 e. The molecule has 0 saturated carbocycles. The number of alkyl halides is 6. The number of carbonyl (C=O) groups excluding carboxylic acids is 1. The first-order valence-electron chi connectivity index (χ1n) is 9.22. The van der Waals surface area contributed by atoms with Crippen LogP contribution < -0.4 is 5.32 Å². The summed E-state index contributed by atoms with van der Waals surface area (Å²) in [4.78, 5) is 15.2. The van der Waals surface area contributed by atoms with Gasteiger partial charge in [-0.1, -0.05) is 19.9 Å². The average molecular weight is 434 g/mol. The summed E-state index contributed by atoms with van der Waals surface area (Å²) in [5.74, 6) is -0.449. The molecule has 164 valence electrons. The van der Waals surface area contributed by atoms with Gasteiger partial charge in [-0.05, 0) is 31.4 Å². The van der Waals surface area contributed by atoms with Crippen molar-refractivity contribution in [2.45, 2.75) is 52.0 Å². The molecular formula is C19H20F6N4O. The Bertz CT molecular complexity index is 897. The summed E-state index contributed by atoms with van der Waals surface area (Å²) < 4.78 is 78.3. The number of hydrogen-bond donors (Lipinski definition) is 1. The number of rotatable bonds is 4. The van der Waals surface area contributed by atoms with E-state index in [2.05, 4.69) is 15.4 Å². The van der Waals surface area contributed by atoms with E-state index in [1.165, 1.54) is 0 Å². The molecule has 1 aliphatic carbocycles. The third-order valence-corrected chi connectivity index (χ3v) is 4.13. The molecule has 11 heteroatoms. The van der Waals surface area contributed by atoms with Crippen molar-refractivity contribution in [3.8, 4) is 5.69 Å². The van der Waals surface area contributed by atoms with E-state index in [4.69, 9.17) is 0 Å². The van der Waals surface area contributed by atoms with Gasteiger partial charge in [-0.2, -0.15) is 31.4 Å². The van der Waals surface area contributed by atoms with Gasteiger partial charge in [0.25, 0.3) is 0 Å². The summed E-state index contributed by atoms with van der Waals surface area (Å²) in [6, 6.07) is 1.62. The Hall–Kier alpha value is -2.85. The van der Waals surface area contributed by atoms with Gasteiger partial charge < -0.3 is 5.32 Å². The molecule has 0 aliphatic heterocycles. The smallest absolute Gasteiger partial charge is 0.348 e. The predicted molar refractivity (Wildman–Crippen MR) is 96.5 cm³/mol. The maximum atomic E-state index is 13.3. The minimum atomic E-state index is -4.79. The standard InChI is InChI=1S/C17H14F6N4O.C2H6/c18-16(19,20)13-6-5-12(8-24-13)27-9-11(14(26-27)17(21,22)23)7-25-15(28)10-3-1-2-4-10;1-2/h3,5-6,8-9H,1-2,4,7H2,(H,25,28);1-2H3. The number of hydrogen-bond acceptors (Lipinski definition) is 3. The highest BCUT2D eigenvalue weighted by molar-refractivity contribution is 5.93. The molecule has 2 heterocycles. The molecule has 1 N–H and O–H groups in total. The Morgan fingerprint density at radius 2 is 1.83 bits per heavy atom. The second kappa shape index (κ2) is 9.31. The van der Waals surface area contributed by atoms with Crippen molar-refractivity contribution < 1.29 is 31.1 Å². The summed E-state index contributed by atoms with van der Waals surface area (Å²) in [5, 5.41) is 5.85. The highest BCUT2D eigenvalue weighted by Crippen LogP contribution is 2.32. The van der Waals surface area contributed by atoms with Crippen molar-refractivity contribution in [2.24, 2.45) is 0 Å². The molecule has 1 aliphatic rings. The predicted octanol–water partition coefficient (Wildman–Crippen LogP) is 5.06. The molecule has 0 radical (unpaired) electrons. The molecule has 0 unspecified atom stereocenters. The lowest BCUT2D eigenvalue weighted by atomic mass is 10.2. The first-order chi connectivity index (χ1) is 14.1. The van der Waals surface area contributed by atoms with E-state index in [0.29, 0.717) is 18.1 Å². The number of halogens is 6. The van der Waals surface area contributed by atoms with E-state index in [-0.39, 0.29) is 11.3 Å². The normalized spacial score (nSPS) is 14.1. The maximum Gasteiger partial charge on any atom is 0.435 e. The van der Waals surface area contributed by atoms with E-state index in [1.54, 1.807) is 6.08 Å². The zero-order chi connectivity index (χ0) is 22.5. The molecule has 3 rings (SSSR count). The van der Waals surface area contributed by atoms with E-state index >= 15 is 0 Å². The monoisotopic (exact) mass is 434 g/mol. The fraction of sp³-hybridized carbons (Fsp3) is 0.421. The molecule has 0 bridgehead atoms. The molecule has 0 spiro atoms. The topological polar surface area (TPSA) is 59.8 Å². The minimum Gasteiger partial charge on any atom is -0.348 e. The number of pyridine rings is 1. The van der Waals surface area contributed by atoms with Gasteiger partial charge in [-0.3, -0.25) is 4.79 Å². The molecule has 1 amide bonds. The summed E-state index contributed by atoms with van der Waals surface area (Å²) in [6.45, 7) is 3.58. The molecule has 0 saturated heterocycles. The SMILES string of the molecule is CC.O=C(NCc1cn(-c2ccc(C(F)(F)F)nc2)nc1C(F)(F)F)C1=CCCC1. The average Bonchev–Trinajstić information content (AvgIpc) is 3.37. The van der Waals surface area contributed by atoms with Crippen molar-refractivity contribution in [1.82, 2.24) is 20.1 Å². The van der Waals surface area contributed by atoms with Crippen molar-refractivity contribution in [1.29, 1.82) is 0 Å². The number of aromatic nitrogens is 3. The Morgan fingerprint density at radius 1 is 1.13 bits per heavy atom. The van der Waals surface area contributed by atoms with Gasteiger partial charge in [0.05, 0.1) is 11.9 Å². The van der Waals surface area contributed by atoms with E-state index in [0.717, 1.165) is 36.0 Å². The van der Waals surface area contributed by atoms with Crippen molar-refractivity contribution >= 4 is 5.91 Å². The van der Waals surface area contributed by atoms with E-state index in [9.17, 15) is 31.1 Å². The quantitative estimate of drug-likeness (QED) is 0.685. The van der Waals surface area contributed by atoms with E-state index < -0.39 is 36.2 Å². The van der Waals surface area contributed by atoms with Crippen molar-refractivity contribution in [3.05, 3.63) is 53.1 Å². The van der Waals surface area contributed by atoms with Gasteiger partial charge in [0.15, 0.2) is 5.69 Å². The third-order valence-electron chi connectivity index (χ3n) is 4.13. The van der Waals surface area contributed by atoms with Crippen LogP contribution in [0.15, 0.2) is 36.2 Å². The molecule has 2 aromatic heterocycles. The molecule has 0 fully saturated rings. The van der Waals surface area contributed by atoms with Crippen LogP contribution in [-0.4, -0.2) is 20.7 Å². The first kappa shape index (κ1) is 23.4. The van der Waals surface area contributed by atoms with Crippen LogP contribution in [0.25, 0.3) is 5.69 Å². The number of nitrogens with one attached hydrogen (secondary N) is 1. The Kier molecular flexibility index (Phi) is 7.27. The number of nitrogens with zero attached hydrogens (tertiary/aromatic N) is 3. The van der Waals surface area contributed by atoms with Gasteiger partial charge in [-0.15, -0.1) is 0 Å². The van der Waals surface area contributed by atoms with Crippen LogP contribution in [0.1, 0.15) is 50.1 Å². The van der Waals surface area contributed by atoms with Crippen molar-refractivity contribution in [3.63, 3.8) is 0 Å². The molecule has 0 atom stereocenters. The lowest BCUT2D eigenvalue weighted by Crippen LogP contribution is -2.25. The first-order valence-corrected chi connectivity index (χ1v) is 9.22. The zero-order valence-corrected chi connectivity index (χ0v) is 16.2. The number of carbonyl (C=O) groups is 1. The fourth-order valence-corrected chi connectivity index (χ4v) is 2.77. The summed E-state index contributed by atoms with van der Waals surface area (Å²) in [7, 11) is 0. The highest BCUT2D eigenvalue weighted by Gasteiger charge is 2.37. The van der Waals surface area contributed by atoms with Crippen LogP contribution in [0.2, 0.25) is 0 Å². The molecule has 5 nitrogen and oxygen atoms in total. The Balaban J connectivity index is 0.00000155. The number of allylic oxidation sites excluding steroid dienone is 1. The summed E-state index contributed by atoms with van der Waals surface area (Å²) >= 11 is 0. The van der Waals surface area contributed by atoms with Gasteiger partial charge >= 0.3 is 12.4 Å². The summed E-state index contributed by atoms with van der Waals surface area (Å²) in [6.07, 6.45) is -3.81. The van der Waals surface area contributed by atoms with Crippen LogP contribution in [0, 0.1) is 0 Å². The fourth-order valence-electron chi connectivity index (χ4n) is 2.77. The summed E-state index contributed by atoms with van der Waals surface area (Å²) in [5.41, 5.74) is -2.26.